The second-order valence-corrected chi connectivity index (χ2v) is 4.69. The van der Waals surface area contributed by atoms with E-state index in [2.05, 4.69) is 6.92 Å². The molecular weight excluding hydrogens is 240 g/mol. The predicted molar refractivity (Wildman–Crippen MR) is 77.3 cm³/mol. The van der Waals surface area contributed by atoms with Crippen molar-refractivity contribution < 1.29 is 14.3 Å². The van der Waals surface area contributed by atoms with Gasteiger partial charge in [0.15, 0.2) is 5.78 Å². The first-order valence-electron chi connectivity index (χ1n) is 6.97. The zero-order valence-corrected chi connectivity index (χ0v) is 12.2. The summed E-state index contributed by atoms with van der Waals surface area (Å²) in [7, 11) is 3.18. The third-order valence-corrected chi connectivity index (χ3v) is 3.18. The standard InChI is InChI=1S/C16H24O3/c1-4-5-6-7-8-9-16(17)13-10-14(18-2)12-15(11-13)19-3/h10-12H,4-9H2,1-3H3. The van der Waals surface area contributed by atoms with Crippen molar-refractivity contribution >= 4 is 5.78 Å². The number of methoxy groups -OCH3 is 2. The molecule has 1 aromatic rings. The minimum atomic E-state index is 0.161. The minimum absolute atomic E-state index is 0.161. The topological polar surface area (TPSA) is 35.5 Å². The molecule has 0 amide bonds. The molecule has 0 saturated heterocycles. The summed E-state index contributed by atoms with van der Waals surface area (Å²) in [5.41, 5.74) is 0.673. The van der Waals surface area contributed by atoms with Crippen molar-refractivity contribution in [2.75, 3.05) is 14.2 Å². The summed E-state index contributed by atoms with van der Waals surface area (Å²) in [6.07, 6.45) is 6.37. The van der Waals surface area contributed by atoms with Gasteiger partial charge in [-0.15, -0.1) is 0 Å². The van der Waals surface area contributed by atoms with Gasteiger partial charge in [0.1, 0.15) is 11.5 Å². The van der Waals surface area contributed by atoms with Crippen molar-refractivity contribution in [1.82, 2.24) is 0 Å². The van der Waals surface area contributed by atoms with E-state index in [9.17, 15) is 4.79 Å². The highest BCUT2D eigenvalue weighted by Gasteiger charge is 2.09. The van der Waals surface area contributed by atoms with Crippen LogP contribution < -0.4 is 9.47 Å². The van der Waals surface area contributed by atoms with Crippen LogP contribution in [0.3, 0.4) is 0 Å². The molecule has 0 aliphatic rings. The van der Waals surface area contributed by atoms with Crippen LogP contribution in [0.2, 0.25) is 0 Å². The molecule has 3 heteroatoms. The Balaban J connectivity index is 2.55. The number of carbonyl (C=O) groups is 1. The molecule has 106 valence electrons. The van der Waals surface area contributed by atoms with E-state index in [0.29, 0.717) is 23.5 Å². The third kappa shape index (κ3) is 5.33. The average molecular weight is 264 g/mol. The van der Waals surface area contributed by atoms with Gasteiger partial charge in [0.25, 0.3) is 0 Å². The summed E-state index contributed by atoms with van der Waals surface area (Å²) in [6, 6.07) is 5.33. The van der Waals surface area contributed by atoms with Crippen LogP contribution in [0.25, 0.3) is 0 Å². The van der Waals surface area contributed by atoms with Crippen molar-refractivity contribution in [3.8, 4) is 11.5 Å². The maximum Gasteiger partial charge on any atom is 0.163 e. The molecule has 0 saturated carbocycles. The summed E-state index contributed by atoms with van der Waals surface area (Å²) in [5, 5.41) is 0. The van der Waals surface area contributed by atoms with Crippen molar-refractivity contribution in [1.29, 1.82) is 0 Å². The quantitative estimate of drug-likeness (QED) is 0.494. The lowest BCUT2D eigenvalue weighted by atomic mass is 10.0. The number of ketones is 1. The van der Waals surface area contributed by atoms with E-state index in [1.165, 1.54) is 19.3 Å². The second-order valence-electron chi connectivity index (χ2n) is 4.69. The number of benzene rings is 1. The van der Waals surface area contributed by atoms with Crippen molar-refractivity contribution in [2.45, 2.75) is 45.4 Å². The van der Waals surface area contributed by atoms with Gasteiger partial charge in [-0.2, -0.15) is 0 Å². The van der Waals surface area contributed by atoms with Gasteiger partial charge in [-0.05, 0) is 18.6 Å². The Morgan fingerprint density at radius 3 is 2.05 bits per heavy atom. The van der Waals surface area contributed by atoms with Crippen LogP contribution in [-0.2, 0) is 0 Å². The molecule has 1 rings (SSSR count). The van der Waals surface area contributed by atoms with Crippen LogP contribution in [0.4, 0.5) is 0 Å². The first kappa shape index (κ1) is 15.5. The molecule has 19 heavy (non-hydrogen) atoms. The molecule has 0 aliphatic carbocycles. The van der Waals surface area contributed by atoms with E-state index < -0.39 is 0 Å². The highest BCUT2D eigenvalue weighted by molar-refractivity contribution is 5.96. The number of rotatable bonds is 9. The van der Waals surface area contributed by atoms with Crippen LogP contribution in [0, 0.1) is 0 Å². The monoisotopic (exact) mass is 264 g/mol. The van der Waals surface area contributed by atoms with Gasteiger partial charge in [0.2, 0.25) is 0 Å². The highest BCUT2D eigenvalue weighted by atomic mass is 16.5. The Hall–Kier alpha value is -1.51. The van der Waals surface area contributed by atoms with Crippen LogP contribution in [0.15, 0.2) is 18.2 Å². The summed E-state index contributed by atoms with van der Waals surface area (Å²) in [4.78, 5) is 12.1. The van der Waals surface area contributed by atoms with Gasteiger partial charge in [0.05, 0.1) is 14.2 Å². The molecule has 0 aromatic heterocycles. The van der Waals surface area contributed by atoms with E-state index in [0.717, 1.165) is 12.8 Å². The molecule has 0 radical (unpaired) electrons. The predicted octanol–water partition coefficient (Wildman–Crippen LogP) is 4.25. The minimum Gasteiger partial charge on any atom is -0.497 e. The van der Waals surface area contributed by atoms with Crippen molar-refractivity contribution in [3.05, 3.63) is 23.8 Å². The number of hydrogen-bond donors (Lipinski definition) is 0. The zero-order valence-electron chi connectivity index (χ0n) is 12.2. The van der Waals surface area contributed by atoms with E-state index in [-0.39, 0.29) is 5.78 Å². The highest BCUT2D eigenvalue weighted by Crippen LogP contribution is 2.23. The fourth-order valence-electron chi connectivity index (χ4n) is 2.00. The smallest absolute Gasteiger partial charge is 0.163 e. The van der Waals surface area contributed by atoms with Gasteiger partial charge < -0.3 is 9.47 Å². The molecule has 0 fully saturated rings. The summed E-state index contributed by atoms with van der Waals surface area (Å²) < 4.78 is 10.3. The lowest BCUT2D eigenvalue weighted by Crippen LogP contribution is -2.00. The Kier molecular flexibility index (Phi) is 7.01. The van der Waals surface area contributed by atoms with Crippen LogP contribution in [0.1, 0.15) is 55.8 Å². The number of carbonyl (C=O) groups excluding carboxylic acids is 1. The largest absolute Gasteiger partial charge is 0.497 e. The molecule has 0 bridgehead atoms. The van der Waals surface area contributed by atoms with Gasteiger partial charge in [0, 0.05) is 18.1 Å². The van der Waals surface area contributed by atoms with Gasteiger partial charge >= 0.3 is 0 Å². The molecule has 0 spiro atoms. The number of Topliss-reactive ketones (excluding diaryl/α,β-unsaturated/α-hetero) is 1. The molecule has 0 heterocycles. The molecule has 1 aromatic carbocycles. The fourth-order valence-corrected chi connectivity index (χ4v) is 2.00. The Labute approximate surface area is 115 Å². The Bertz CT molecular complexity index is 377. The molecular formula is C16H24O3. The lowest BCUT2D eigenvalue weighted by Gasteiger charge is -2.07. The van der Waals surface area contributed by atoms with E-state index in [4.69, 9.17) is 9.47 Å². The SMILES string of the molecule is CCCCCCCC(=O)c1cc(OC)cc(OC)c1. The first-order chi connectivity index (χ1) is 9.21. The summed E-state index contributed by atoms with van der Waals surface area (Å²) >= 11 is 0. The van der Waals surface area contributed by atoms with E-state index in [1.807, 2.05) is 0 Å². The molecule has 0 atom stereocenters. The van der Waals surface area contributed by atoms with Crippen LogP contribution in [0.5, 0.6) is 11.5 Å². The average Bonchev–Trinajstić information content (AvgIpc) is 2.46. The maximum atomic E-state index is 12.1. The second kappa shape index (κ2) is 8.57. The fraction of sp³-hybridized carbons (Fsp3) is 0.562. The van der Waals surface area contributed by atoms with Gasteiger partial charge in [-0.1, -0.05) is 32.6 Å². The van der Waals surface area contributed by atoms with Crippen LogP contribution >= 0.6 is 0 Å². The summed E-state index contributed by atoms with van der Waals surface area (Å²) in [6.45, 7) is 2.19. The molecule has 0 unspecified atom stereocenters. The first-order valence-corrected chi connectivity index (χ1v) is 6.97. The summed E-state index contributed by atoms with van der Waals surface area (Å²) in [5.74, 6) is 1.48. The van der Waals surface area contributed by atoms with Crippen LogP contribution in [-0.4, -0.2) is 20.0 Å². The Morgan fingerprint density at radius 1 is 0.947 bits per heavy atom. The van der Waals surface area contributed by atoms with Gasteiger partial charge in [-0.25, -0.2) is 0 Å². The molecule has 0 aliphatic heterocycles. The zero-order chi connectivity index (χ0) is 14.1. The number of hydrogen-bond acceptors (Lipinski definition) is 3. The van der Waals surface area contributed by atoms with Gasteiger partial charge in [-0.3, -0.25) is 4.79 Å². The van der Waals surface area contributed by atoms with E-state index >= 15 is 0 Å². The third-order valence-electron chi connectivity index (χ3n) is 3.18. The van der Waals surface area contributed by atoms with Crippen molar-refractivity contribution in [3.63, 3.8) is 0 Å². The van der Waals surface area contributed by atoms with Crippen molar-refractivity contribution in [2.24, 2.45) is 0 Å². The lowest BCUT2D eigenvalue weighted by molar-refractivity contribution is 0.0978. The molecule has 3 nitrogen and oxygen atoms in total. The maximum absolute atomic E-state index is 12.1. The Morgan fingerprint density at radius 2 is 1.53 bits per heavy atom. The number of ether oxygens (including phenoxy) is 2. The normalized spacial score (nSPS) is 10.3. The molecule has 0 N–H and O–H groups in total. The number of unbranched alkanes of at least 4 members (excludes halogenated alkanes) is 4. The van der Waals surface area contributed by atoms with E-state index in [1.54, 1.807) is 32.4 Å².